The van der Waals surface area contributed by atoms with Crippen LogP contribution < -0.4 is 18.9 Å². The Hall–Kier alpha value is -2.39. The first-order chi connectivity index (χ1) is 12.4. The summed E-state index contributed by atoms with van der Waals surface area (Å²) in [5.41, 5.74) is 0.779. The Kier molecular flexibility index (Phi) is 6.76. The summed E-state index contributed by atoms with van der Waals surface area (Å²) in [4.78, 5) is 0.0517. The highest BCUT2D eigenvalue weighted by atomic mass is 32.2. The predicted octanol–water partition coefficient (Wildman–Crippen LogP) is 2.83. The molecule has 0 atom stereocenters. The average Bonchev–Trinajstić information content (AvgIpc) is 2.62. The second-order valence-corrected chi connectivity index (χ2v) is 6.95. The molecule has 0 aliphatic carbocycles. The molecule has 2 aromatic carbocycles. The van der Waals surface area contributed by atoms with Crippen LogP contribution in [0.25, 0.3) is 0 Å². The Morgan fingerprint density at radius 2 is 1.65 bits per heavy atom. The van der Waals surface area contributed by atoms with Gasteiger partial charge in [-0.15, -0.1) is 0 Å². The van der Waals surface area contributed by atoms with Gasteiger partial charge in [0, 0.05) is 12.6 Å². The van der Waals surface area contributed by atoms with Crippen molar-refractivity contribution in [1.29, 1.82) is 0 Å². The molecule has 142 valence electrons. The van der Waals surface area contributed by atoms with Gasteiger partial charge in [-0.2, -0.15) is 8.78 Å². The van der Waals surface area contributed by atoms with E-state index in [0.717, 1.165) is 5.56 Å². The van der Waals surface area contributed by atoms with Crippen molar-refractivity contribution in [2.75, 3.05) is 20.8 Å². The van der Waals surface area contributed by atoms with Crippen molar-refractivity contribution in [2.45, 2.75) is 17.9 Å². The highest BCUT2D eigenvalue weighted by molar-refractivity contribution is 7.89. The molecule has 6 nitrogen and oxygen atoms in total. The number of hydrogen-bond acceptors (Lipinski definition) is 5. The smallest absolute Gasteiger partial charge is 0.387 e. The third-order valence-corrected chi connectivity index (χ3v) is 4.98. The lowest BCUT2D eigenvalue weighted by Crippen LogP contribution is -2.26. The minimum absolute atomic E-state index is 0.0506. The molecule has 0 aliphatic rings. The van der Waals surface area contributed by atoms with Crippen molar-refractivity contribution < 1.29 is 31.4 Å². The molecule has 0 heterocycles. The Morgan fingerprint density at radius 1 is 1.00 bits per heavy atom. The highest BCUT2D eigenvalue weighted by Crippen LogP contribution is 2.29. The van der Waals surface area contributed by atoms with Crippen molar-refractivity contribution in [2.24, 2.45) is 0 Å². The standard InChI is InChI=1S/C17H19F2NO5S/c1-23-15-8-7-14(11-16(15)24-2)26(21,22)20-10-9-12-3-5-13(6-4-12)25-17(18)19/h3-8,11,17,20H,9-10H2,1-2H3. The zero-order chi connectivity index (χ0) is 19.2. The third kappa shape index (κ3) is 5.30. The van der Waals surface area contributed by atoms with Crippen LogP contribution in [0.1, 0.15) is 5.56 Å². The number of benzene rings is 2. The maximum atomic E-state index is 12.4. The first kappa shape index (κ1) is 19.9. The number of rotatable bonds is 9. The Labute approximate surface area is 150 Å². The van der Waals surface area contributed by atoms with Crippen molar-refractivity contribution in [3.8, 4) is 17.2 Å². The van der Waals surface area contributed by atoms with Gasteiger partial charge in [-0.05, 0) is 36.2 Å². The van der Waals surface area contributed by atoms with E-state index in [4.69, 9.17) is 9.47 Å². The molecular weight excluding hydrogens is 368 g/mol. The molecular formula is C17H19F2NO5S. The quantitative estimate of drug-likeness (QED) is 0.716. The van der Waals surface area contributed by atoms with Crippen LogP contribution in [0.4, 0.5) is 8.78 Å². The van der Waals surface area contributed by atoms with Gasteiger partial charge < -0.3 is 14.2 Å². The summed E-state index contributed by atoms with van der Waals surface area (Å²) in [5.74, 6) is 0.789. The van der Waals surface area contributed by atoms with Crippen LogP contribution in [0.2, 0.25) is 0 Å². The number of hydrogen-bond donors (Lipinski definition) is 1. The summed E-state index contributed by atoms with van der Waals surface area (Å²) in [5, 5.41) is 0. The molecule has 0 saturated carbocycles. The fourth-order valence-electron chi connectivity index (χ4n) is 2.23. The van der Waals surface area contributed by atoms with Crippen LogP contribution in [-0.4, -0.2) is 35.8 Å². The second-order valence-electron chi connectivity index (χ2n) is 5.19. The molecule has 26 heavy (non-hydrogen) atoms. The lowest BCUT2D eigenvalue weighted by molar-refractivity contribution is -0.0498. The Morgan fingerprint density at radius 3 is 2.23 bits per heavy atom. The maximum Gasteiger partial charge on any atom is 0.387 e. The van der Waals surface area contributed by atoms with E-state index in [0.29, 0.717) is 17.9 Å². The van der Waals surface area contributed by atoms with Crippen LogP contribution in [0.5, 0.6) is 17.2 Å². The minimum Gasteiger partial charge on any atom is -0.493 e. The van der Waals surface area contributed by atoms with Gasteiger partial charge in [0.15, 0.2) is 11.5 Å². The topological polar surface area (TPSA) is 73.9 Å². The fourth-order valence-corrected chi connectivity index (χ4v) is 3.28. The number of halogens is 2. The summed E-state index contributed by atoms with van der Waals surface area (Å²) in [6.07, 6.45) is 0.390. The van der Waals surface area contributed by atoms with E-state index in [1.54, 1.807) is 12.1 Å². The van der Waals surface area contributed by atoms with Crippen LogP contribution >= 0.6 is 0 Å². The number of ether oxygens (including phenoxy) is 3. The number of methoxy groups -OCH3 is 2. The van der Waals surface area contributed by atoms with Crippen LogP contribution in [0.3, 0.4) is 0 Å². The molecule has 0 radical (unpaired) electrons. The molecule has 0 saturated heterocycles. The molecule has 0 unspecified atom stereocenters. The summed E-state index contributed by atoms with van der Waals surface area (Å²) < 4.78 is 65.8. The molecule has 0 fully saturated rings. The molecule has 1 N–H and O–H groups in total. The van der Waals surface area contributed by atoms with E-state index < -0.39 is 16.6 Å². The van der Waals surface area contributed by atoms with Gasteiger partial charge in [-0.25, -0.2) is 13.1 Å². The monoisotopic (exact) mass is 387 g/mol. The SMILES string of the molecule is COc1ccc(S(=O)(=O)NCCc2ccc(OC(F)F)cc2)cc1OC. The van der Waals surface area contributed by atoms with Gasteiger partial charge in [0.25, 0.3) is 0 Å². The molecule has 0 bridgehead atoms. The largest absolute Gasteiger partial charge is 0.493 e. The molecule has 2 aromatic rings. The van der Waals surface area contributed by atoms with Gasteiger partial charge in [0.1, 0.15) is 5.75 Å². The maximum absolute atomic E-state index is 12.4. The van der Waals surface area contributed by atoms with E-state index in [9.17, 15) is 17.2 Å². The molecule has 0 aromatic heterocycles. The van der Waals surface area contributed by atoms with Crippen LogP contribution in [-0.2, 0) is 16.4 Å². The van der Waals surface area contributed by atoms with E-state index in [-0.39, 0.29) is 17.2 Å². The summed E-state index contributed by atoms with van der Waals surface area (Å²) in [7, 11) is -0.842. The molecule has 2 rings (SSSR count). The fraction of sp³-hybridized carbons (Fsp3) is 0.294. The van der Waals surface area contributed by atoms with E-state index >= 15 is 0 Å². The second kappa shape index (κ2) is 8.81. The van der Waals surface area contributed by atoms with Gasteiger partial charge in [-0.1, -0.05) is 12.1 Å². The van der Waals surface area contributed by atoms with Crippen LogP contribution in [0.15, 0.2) is 47.4 Å². The Balaban J connectivity index is 1.98. The molecule has 0 spiro atoms. The lowest BCUT2D eigenvalue weighted by atomic mass is 10.1. The normalized spacial score (nSPS) is 11.4. The summed E-state index contributed by atoms with van der Waals surface area (Å²) in [6, 6.07) is 10.3. The zero-order valence-electron chi connectivity index (χ0n) is 14.2. The lowest BCUT2D eigenvalue weighted by Gasteiger charge is -2.11. The van der Waals surface area contributed by atoms with Gasteiger partial charge in [0.05, 0.1) is 19.1 Å². The molecule has 0 aliphatic heterocycles. The first-order valence-corrected chi connectivity index (χ1v) is 9.09. The van der Waals surface area contributed by atoms with Gasteiger partial charge in [-0.3, -0.25) is 0 Å². The first-order valence-electron chi connectivity index (χ1n) is 7.61. The zero-order valence-corrected chi connectivity index (χ0v) is 15.1. The van der Waals surface area contributed by atoms with E-state index in [1.165, 1.54) is 44.6 Å². The average molecular weight is 387 g/mol. The Bertz CT molecular complexity index is 826. The number of sulfonamides is 1. The predicted molar refractivity (Wildman–Crippen MR) is 91.5 cm³/mol. The summed E-state index contributed by atoms with van der Waals surface area (Å²) >= 11 is 0. The highest BCUT2D eigenvalue weighted by Gasteiger charge is 2.16. The van der Waals surface area contributed by atoms with E-state index in [2.05, 4.69) is 9.46 Å². The number of nitrogens with one attached hydrogen (secondary N) is 1. The minimum atomic E-state index is -3.72. The number of alkyl halides is 2. The van der Waals surface area contributed by atoms with Gasteiger partial charge in [0.2, 0.25) is 10.0 Å². The molecule has 0 amide bonds. The summed E-state index contributed by atoms with van der Waals surface area (Å²) in [6.45, 7) is -2.74. The third-order valence-electron chi connectivity index (χ3n) is 3.52. The molecule has 9 heteroatoms. The van der Waals surface area contributed by atoms with E-state index in [1.807, 2.05) is 0 Å². The van der Waals surface area contributed by atoms with Gasteiger partial charge >= 0.3 is 6.61 Å². The van der Waals surface area contributed by atoms with Crippen LogP contribution in [0, 0.1) is 0 Å². The van der Waals surface area contributed by atoms with Crippen molar-refractivity contribution in [1.82, 2.24) is 4.72 Å². The van der Waals surface area contributed by atoms with Crippen molar-refractivity contribution in [3.05, 3.63) is 48.0 Å². The van der Waals surface area contributed by atoms with Crippen molar-refractivity contribution >= 4 is 10.0 Å². The van der Waals surface area contributed by atoms with Crippen molar-refractivity contribution in [3.63, 3.8) is 0 Å².